The Kier molecular flexibility index (Phi) is 3.86. The summed E-state index contributed by atoms with van der Waals surface area (Å²) in [4.78, 5) is 9.05. The molecule has 2 rings (SSSR count). The summed E-state index contributed by atoms with van der Waals surface area (Å²) >= 11 is 1.67. The summed E-state index contributed by atoms with van der Waals surface area (Å²) in [5.74, 6) is 0.826. The van der Waals surface area contributed by atoms with Crippen molar-refractivity contribution in [2.45, 2.75) is 33.4 Å². The molecular weight excluding hydrogens is 230 g/mol. The van der Waals surface area contributed by atoms with Crippen molar-refractivity contribution in [2.24, 2.45) is 0 Å². The van der Waals surface area contributed by atoms with Gasteiger partial charge in [-0.05, 0) is 24.4 Å². The first-order valence-corrected chi connectivity index (χ1v) is 6.70. The van der Waals surface area contributed by atoms with Crippen molar-refractivity contribution in [2.75, 3.05) is 0 Å². The maximum atomic E-state index is 4.58. The minimum absolute atomic E-state index is 0.467. The molecule has 0 aliphatic rings. The predicted octanol–water partition coefficient (Wildman–Crippen LogP) is 3.01. The molecule has 2 aromatic heterocycles. The molecule has 2 aromatic rings. The van der Waals surface area contributed by atoms with Crippen LogP contribution in [-0.2, 0) is 6.54 Å². The van der Waals surface area contributed by atoms with E-state index < -0.39 is 0 Å². The normalized spacial score (nSPS) is 11.1. The van der Waals surface area contributed by atoms with Gasteiger partial charge < -0.3 is 5.32 Å². The second-order valence-electron chi connectivity index (χ2n) is 4.37. The zero-order valence-electron chi connectivity index (χ0n) is 10.4. The lowest BCUT2D eigenvalue weighted by molar-refractivity contribution is 0.580. The lowest BCUT2D eigenvalue weighted by Crippen LogP contribution is -2.22. The number of nitrogens with one attached hydrogen (secondary N) is 1. The van der Waals surface area contributed by atoms with E-state index >= 15 is 0 Å². The van der Waals surface area contributed by atoms with Gasteiger partial charge in [0.1, 0.15) is 0 Å². The first-order chi connectivity index (χ1) is 8.15. The SMILES string of the molecule is Cc1cc(CNC(C)C)nc(-c2ccsc2)n1. The smallest absolute Gasteiger partial charge is 0.160 e. The predicted molar refractivity (Wildman–Crippen MR) is 72.1 cm³/mol. The molecule has 0 atom stereocenters. The third-order valence-electron chi connectivity index (χ3n) is 2.38. The van der Waals surface area contributed by atoms with Gasteiger partial charge >= 0.3 is 0 Å². The van der Waals surface area contributed by atoms with E-state index in [1.165, 1.54) is 0 Å². The lowest BCUT2D eigenvalue weighted by atomic mass is 10.2. The second kappa shape index (κ2) is 5.38. The highest BCUT2D eigenvalue weighted by Gasteiger charge is 2.05. The van der Waals surface area contributed by atoms with E-state index in [9.17, 15) is 0 Å². The monoisotopic (exact) mass is 247 g/mol. The molecule has 0 radical (unpaired) electrons. The Morgan fingerprint density at radius 1 is 1.35 bits per heavy atom. The third kappa shape index (κ3) is 3.35. The number of aryl methyl sites for hydroxylation is 1. The van der Waals surface area contributed by atoms with Crippen LogP contribution in [0.4, 0.5) is 0 Å². The van der Waals surface area contributed by atoms with Crippen LogP contribution in [0, 0.1) is 6.92 Å². The Morgan fingerprint density at radius 3 is 2.82 bits per heavy atom. The summed E-state index contributed by atoms with van der Waals surface area (Å²) in [6.07, 6.45) is 0. The van der Waals surface area contributed by atoms with Gasteiger partial charge in [-0.3, -0.25) is 0 Å². The van der Waals surface area contributed by atoms with Crippen molar-refractivity contribution in [3.8, 4) is 11.4 Å². The maximum absolute atomic E-state index is 4.58. The van der Waals surface area contributed by atoms with Gasteiger partial charge in [-0.2, -0.15) is 11.3 Å². The fraction of sp³-hybridized carbons (Fsp3) is 0.385. The standard InChI is InChI=1S/C13H17N3S/c1-9(2)14-7-12-6-10(3)15-13(16-12)11-4-5-17-8-11/h4-6,8-9,14H,7H2,1-3H3. The third-order valence-corrected chi connectivity index (χ3v) is 3.06. The molecule has 0 aromatic carbocycles. The molecule has 0 saturated carbocycles. The molecule has 1 N–H and O–H groups in total. The molecule has 0 fully saturated rings. The fourth-order valence-corrected chi connectivity index (χ4v) is 2.19. The van der Waals surface area contributed by atoms with Crippen molar-refractivity contribution in [1.29, 1.82) is 0 Å². The minimum atomic E-state index is 0.467. The van der Waals surface area contributed by atoms with Gasteiger partial charge in [0.15, 0.2) is 5.82 Å². The Labute approximate surface area is 106 Å². The van der Waals surface area contributed by atoms with Gasteiger partial charge in [0.2, 0.25) is 0 Å². The number of hydrogen-bond acceptors (Lipinski definition) is 4. The summed E-state index contributed by atoms with van der Waals surface area (Å²) in [5, 5.41) is 7.50. The Bertz CT molecular complexity index is 477. The van der Waals surface area contributed by atoms with Crippen LogP contribution in [0.3, 0.4) is 0 Å². The molecule has 0 aliphatic carbocycles. The van der Waals surface area contributed by atoms with Crippen LogP contribution in [0.1, 0.15) is 25.2 Å². The molecule has 0 spiro atoms. The van der Waals surface area contributed by atoms with E-state index in [-0.39, 0.29) is 0 Å². The highest BCUT2D eigenvalue weighted by molar-refractivity contribution is 7.08. The second-order valence-corrected chi connectivity index (χ2v) is 5.15. The zero-order chi connectivity index (χ0) is 12.3. The van der Waals surface area contributed by atoms with Crippen LogP contribution >= 0.6 is 11.3 Å². The average molecular weight is 247 g/mol. The van der Waals surface area contributed by atoms with Crippen LogP contribution in [0.25, 0.3) is 11.4 Å². The van der Waals surface area contributed by atoms with Crippen LogP contribution in [0.15, 0.2) is 22.9 Å². The number of nitrogens with zero attached hydrogens (tertiary/aromatic N) is 2. The first-order valence-electron chi connectivity index (χ1n) is 5.75. The van der Waals surface area contributed by atoms with E-state index in [1.54, 1.807) is 11.3 Å². The van der Waals surface area contributed by atoms with Crippen molar-refractivity contribution in [3.05, 3.63) is 34.3 Å². The van der Waals surface area contributed by atoms with Gasteiger partial charge in [0.25, 0.3) is 0 Å². The molecule has 2 heterocycles. The summed E-state index contributed by atoms with van der Waals surface area (Å²) < 4.78 is 0. The van der Waals surface area contributed by atoms with Crippen LogP contribution in [-0.4, -0.2) is 16.0 Å². The molecule has 90 valence electrons. The van der Waals surface area contributed by atoms with E-state index in [4.69, 9.17) is 0 Å². The lowest BCUT2D eigenvalue weighted by Gasteiger charge is -2.09. The van der Waals surface area contributed by atoms with Crippen LogP contribution in [0.5, 0.6) is 0 Å². The number of aromatic nitrogens is 2. The van der Waals surface area contributed by atoms with Crippen molar-refractivity contribution >= 4 is 11.3 Å². The molecule has 17 heavy (non-hydrogen) atoms. The van der Waals surface area contributed by atoms with Crippen molar-refractivity contribution in [1.82, 2.24) is 15.3 Å². The van der Waals surface area contributed by atoms with Crippen LogP contribution < -0.4 is 5.32 Å². The van der Waals surface area contributed by atoms with E-state index in [0.717, 1.165) is 29.3 Å². The highest BCUT2D eigenvalue weighted by Crippen LogP contribution is 2.18. The zero-order valence-corrected chi connectivity index (χ0v) is 11.2. The largest absolute Gasteiger partial charge is 0.309 e. The summed E-state index contributed by atoms with van der Waals surface area (Å²) in [7, 11) is 0. The molecule has 0 unspecified atom stereocenters. The van der Waals surface area contributed by atoms with Gasteiger partial charge in [0.05, 0.1) is 5.69 Å². The summed E-state index contributed by atoms with van der Waals surface area (Å²) in [5.41, 5.74) is 3.17. The van der Waals surface area contributed by atoms with Gasteiger partial charge in [0, 0.05) is 29.2 Å². The quantitative estimate of drug-likeness (QED) is 0.902. The Hall–Kier alpha value is -1.26. The molecule has 0 amide bonds. The Morgan fingerprint density at radius 2 is 2.18 bits per heavy atom. The van der Waals surface area contributed by atoms with Gasteiger partial charge in [-0.15, -0.1) is 0 Å². The molecule has 4 heteroatoms. The van der Waals surface area contributed by atoms with E-state index in [1.807, 2.05) is 18.4 Å². The number of hydrogen-bond donors (Lipinski definition) is 1. The molecular formula is C13H17N3S. The molecule has 0 saturated heterocycles. The molecule has 0 bridgehead atoms. The van der Waals surface area contributed by atoms with E-state index in [2.05, 4.69) is 40.6 Å². The first kappa shape index (κ1) is 12.2. The topological polar surface area (TPSA) is 37.8 Å². The number of thiophene rings is 1. The molecule has 3 nitrogen and oxygen atoms in total. The van der Waals surface area contributed by atoms with Gasteiger partial charge in [-0.25, -0.2) is 9.97 Å². The van der Waals surface area contributed by atoms with Crippen molar-refractivity contribution < 1.29 is 0 Å². The van der Waals surface area contributed by atoms with Gasteiger partial charge in [-0.1, -0.05) is 13.8 Å². The molecule has 0 aliphatic heterocycles. The van der Waals surface area contributed by atoms with E-state index in [0.29, 0.717) is 6.04 Å². The maximum Gasteiger partial charge on any atom is 0.160 e. The minimum Gasteiger partial charge on any atom is -0.309 e. The number of rotatable bonds is 4. The average Bonchev–Trinajstić information content (AvgIpc) is 2.79. The van der Waals surface area contributed by atoms with Crippen molar-refractivity contribution in [3.63, 3.8) is 0 Å². The summed E-state index contributed by atoms with van der Waals surface area (Å²) in [6, 6.07) is 4.56. The highest BCUT2D eigenvalue weighted by atomic mass is 32.1. The fourth-order valence-electron chi connectivity index (χ4n) is 1.55. The van der Waals surface area contributed by atoms with Crippen LogP contribution in [0.2, 0.25) is 0 Å². The Balaban J connectivity index is 2.24. The summed E-state index contributed by atoms with van der Waals surface area (Å²) in [6.45, 7) is 7.07.